The summed E-state index contributed by atoms with van der Waals surface area (Å²) in [6.45, 7) is 5.24. The predicted molar refractivity (Wildman–Crippen MR) is 150 cm³/mol. The summed E-state index contributed by atoms with van der Waals surface area (Å²) in [5, 5.41) is 0. The van der Waals surface area contributed by atoms with E-state index in [1.54, 1.807) is 0 Å². The Morgan fingerprint density at radius 3 is 1.83 bits per heavy atom. The molecule has 0 radical (unpaired) electrons. The maximum absolute atomic E-state index is 14.0. The molecule has 0 aromatic carbocycles. The number of hydrogen-bond donors (Lipinski definition) is 0. The smallest absolute Gasteiger partial charge is 0.312 e. The van der Waals surface area contributed by atoms with E-state index < -0.39 is 0 Å². The molecule has 204 valence electrons. The van der Waals surface area contributed by atoms with Crippen molar-refractivity contribution in [2.45, 2.75) is 174 Å². The monoisotopic (exact) mass is 488 g/mol. The number of esters is 1. The van der Waals surface area contributed by atoms with Crippen LogP contribution < -0.4 is 0 Å². The summed E-state index contributed by atoms with van der Waals surface area (Å²) in [5.74, 6) is 2.13. The van der Waals surface area contributed by atoms with Crippen LogP contribution in [0.5, 0.6) is 0 Å². The Labute approximate surface area is 219 Å². The molecular formula is C33H60O2. The van der Waals surface area contributed by atoms with Crippen molar-refractivity contribution in [1.29, 1.82) is 0 Å². The first-order valence-corrected chi connectivity index (χ1v) is 16.3. The molecular weight excluding hydrogens is 428 g/mol. The first-order valence-electron chi connectivity index (χ1n) is 16.3. The second-order valence-corrected chi connectivity index (χ2v) is 12.9. The fourth-order valence-corrected chi connectivity index (χ4v) is 8.42. The Bertz CT molecular complexity index is 562. The summed E-state index contributed by atoms with van der Waals surface area (Å²) >= 11 is 0. The number of carbonyl (C=O) groups excluding carboxylic acids is 1. The molecule has 2 nitrogen and oxygen atoms in total. The Kier molecular flexibility index (Phi) is 13.0. The average Bonchev–Trinajstić information content (AvgIpc) is 2.91. The molecule has 0 N–H and O–H groups in total. The van der Waals surface area contributed by atoms with Crippen molar-refractivity contribution in [3.63, 3.8) is 0 Å². The van der Waals surface area contributed by atoms with Gasteiger partial charge >= 0.3 is 5.97 Å². The molecule has 0 bridgehead atoms. The van der Waals surface area contributed by atoms with E-state index in [0.717, 1.165) is 31.1 Å². The molecule has 0 aliphatic heterocycles. The molecule has 3 saturated carbocycles. The van der Waals surface area contributed by atoms with Crippen molar-refractivity contribution < 1.29 is 9.53 Å². The van der Waals surface area contributed by atoms with Crippen LogP contribution in [0.15, 0.2) is 0 Å². The number of ether oxygens (including phenoxy) is 1. The molecule has 0 saturated heterocycles. The van der Waals surface area contributed by atoms with Crippen LogP contribution in [0.3, 0.4) is 0 Å². The Morgan fingerprint density at radius 2 is 1.17 bits per heavy atom. The van der Waals surface area contributed by atoms with Gasteiger partial charge in [-0.1, -0.05) is 123 Å². The zero-order chi connectivity index (χ0) is 24.8. The maximum Gasteiger partial charge on any atom is 0.312 e. The van der Waals surface area contributed by atoms with Crippen molar-refractivity contribution in [1.82, 2.24) is 0 Å². The largest absolute Gasteiger partial charge is 0.465 e. The molecule has 3 aliphatic carbocycles. The Balaban J connectivity index is 1.67. The third-order valence-electron chi connectivity index (χ3n) is 10.7. The van der Waals surface area contributed by atoms with Gasteiger partial charge in [-0.25, -0.2) is 0 Å². The molecule has 0 aromatic heterocycles. The van der Waals surface area contributed by atoms with Crippen LogP contribution in [0.2, 0.25) is 0 Å². The van der Waals surface area contributed by atoms with E-state index in [9.17, 15) is 4.79 Å². The molecule has 3 aliphatic rings. The number of unbranched alkanes of at least 4 members (excludes halogenated alkanes) is 8. The molecule has 0 spiro atoms. The Hall–Kier alpha value is -0.530. The zero-order valence-corrected chi connectivity index (χ0v) is 23.9. The highest BCUT2D eigenvalue weighted by Gasteiger charge is 2.57. The SMILES string of the molecule is CCCCCCCCOC(=O)C1([C@]2(CCCCCC)CC[C@H](C3CCCCC3)CC2)CCCCC1. The summed E-state index contributed by atoms with van der Waals surface area (Å²) in [6.07, 6.45) is 32.7. The van der Waals surface area contributed by atoms with Crippen LogP contribution in [0, 0.1) is 22.7 Å². The second kappa shape index (κ2) is 15.7. The fraction of sp³-hybridized carbons (Fsp3) is 0.970. The van der Waals surface area contributed by atoms with Gasteiger partial charge in [0.05, 0.1) is 12.0 Å². The normalized spacial score (nSPS) is 27.5. The van der Waals surface area contributed by atoms with E-state index in [4.69, 9.17) is 4.74 Å². The number of hydrogen-bond acceptors (Lipinski definition) is 2. The van der Waals surface area contributed by atoms with Gasteiger partial charge in [-0.3, -0.25) is 4.79 Å². The molecule has 3 fully saturated rings. The van der Waals surface area contributed by atoms with E-state index in [0.29, 0.717) is 6.61 Å². The first kappa shape index (κ1) is 29.0. The van der Waals surface area contributed by atoms with Crippen LogP contribution in [-0.4, -0.2) is 12.6 Å². The van der Waals surface area contributed by atoms with Gasteiger partial charge in [0.25, 0.3) is 0 Å². The summed E-state index contributed by atoms with van der Waals surface area (Å²) in [7, 11) is 0. The van der Waals surface area contributed by atoms with Crippen molar-refractivity contribution in [2.75, 3.05) is 6.61 Å². The molecule has 3 rings (SSSR count). The highest BCUT2D eigenvalue weighted by molar-refractivity contribution is 5.78. The molecule has 35 heavy (non-hydrogen) atoms. The van der Waals surface area contributed by atoms with Crippen LogP contribution >= 0.6 is 0 Å². The quantitative estimate of drug-likeness (QED) is 0.169. The van der Waals surface area contributed by atoms with E-state index in [1.807, 2.05) is 0 Å². The van der Waals surface area contributed by atoms with Gasteiger partial charge in [0.15, 0.2) is 0 Å². The van der Waals surface area contributed by atoms with Crippen molar-refractivity contribution >= 4 is 5.97 Å². The van der Waals surface area contributed by atoms with E-state index in [2.05, 4.69) is 13.8 Å². The second-order valence-electron chi connectivity index (χ2n) is 12.9. The maximum atomic E-state index is 14.0. The van der Waals surface area contributed by atoms with Crippen LogP contribution in [0.4, 0.5) is 0 Å². The average molecular weight is 489 g/mol. The number of rotatable bonds is 15. The highest BCUT2D eigenvalue weighted by atomic mass is 16.5. The molecule has 0 amide bonds. The lowest BCUT2D eigenvalue weighted by Crippen LogP contribution is -2.52. The molecule has 0 unspecified atom stereocenters. The van der Waals surface area contributed by atoms with Gasteiger partial charge in [0, 0.05) is 0 Å². The lowest BCUT2D eigenvalue weighted by Gasteiger charge is -2.55. The minimum Gasteiger partial charge on any atom is -0.465 e. The van der Waals surface area contributed by atoms with Gasteiger partial charge in [0.2, 0.25) is 0 Å². The molecule has 2 heteroatoms. The lowest BCUT2D eigenvalue weighted by atomic mass is 9.49. The van der Waals surface area contributed by atoms with Crippen LogP contribution in [0.25, 0.3) is 0 Å². The van der Waals surface area contributed by atoms with Gasteiger partial charge < -0.3 is 4.74 Å². The number of carbonyl (C=O) groups is 1. The molecule has 0 atom stereocenters. The minimum atomic E-state index is -0.183. The lowest BCUT2D eigenvalue weighted by molar-refractivity contribution is -0.175. The third kappa shape index (κ3) is 7.98. The van der Waals surface area contributed by atoms with Gasteiger partial charge in [-0.15, -0.1) is 0 Å². The van der Waals surface area contributed by atoms with Crippen LogP contribution in [0.1, 0.15) is 174 Å². The highest BCUT2D eigenvalue weighted by Crippen LogP contribution is 2.61. The summed E-state index contributed by atoms with van der Waals surface area (Å²) in [5.41, 5.74) is 0.0295. The van der Waals surface area contributed by atoms with Crippen LogP contribution in [-0.2, 0) is 9.53 Å². The van der Waals surface area contributed by atoms with E-state index in [-0.39, 0.29) is 16.8 Å². The van der Waals surface area contributed by atoms with Gasteiger partial charge in [-0.2, -0.15) is 0 Å². The summed E-state index contributed by atoms with van der Waals surface area (Å²) in [4.78, 5) is 14.0. The topological polar surface area (TPSA) is 26.3 Å². The minimum absolute atomic E-state index is 0.183. The predicted octanol–water partition coefficient (Wildman–Crippen LogP) is 10.6. The first-order chi connectivity index (χ1) is 17.2. The fourth-order valence-electron chi connectivity index (χ4n) is 8.42. The van der Waals surface area contributed by atoms with Crippen molar-refractivity contribution in [3.8, 4) is 0 Å². The van der Waals surface area contributed by atoms with Gasteiger partial charge in [-0.05, 0) is 68.6 Å². The summed E-state index contributed by atoms with van der Waals surface area (Å²) < 4.78 is 6.20. The van der Waals surface area contributed by atoms with E-state index in [1.165, 1.54) is 141 Å². The Morgan fingerprint density at radius 1 is 0.629 bits per heavy atom. The van der Waals surface area contributed by atoms with Gasteiger partial charge in [0.1, 0.15) is 0 Å². The third-order valence-corrected chi connectivity index (χ3v) is 10.7. The van der Waals surface area contributed by atoms with Crippen molar-refractivity contribution in [3.05, 3.63) is 0 Å². The molecule has 0 aromatic rings. The van der Waals surface area contributed by atoms with Crippen molar-refractivity contribution in [2.24, 2.45) is 22.7 Å². The standard InChI is InChI=1S/C33H60O2/c1-3-5-7-9-10-18-28-35-31(34)33(24-16-12-17-25-33)32(23-15-8-6-4-2)26-21-30(22-27-32)29-19-13-11-14-20-29/h29-30H,3-28H2,1-2H3/t30-,32+. The molecule has 0 heterocycles. The zero-order valence-electron chi connectivity index (χ0n) is 23.9. The van der Waals surface area contributed by atoms with E-state index >= 15 is 0 Å². The summed E-state index contributed by atoms with van der Waals surface area (Å²) in [6, 6.07) is 0.